The number of aliphatic hydroxyl groups excluding tert-OH is 1. The minimum absolute atomic E-state index is 0. The monoisotopic (exact) mass is 248 g/mol. The first-order valence-corrected chi connectivity index (χ1v) is 5.95. The fourth-order valence-corrected chi connectivity index (χ4v) is 2.50. The van der Waals surface area contributed by atoms with Crippen LogP contribution in [0.1, 0.15) is 32.1 Å². The van der Waals surface area contributed by atoms with Gasteiger partial charge in [0.25, 0.3) is 0 Å². The average Bonchev–Trinajstić information content (AvgIpc) is 2.84. The molecule has 4 nitrogen and oxygen atoms in total. The van der Waals surface area contributed by atoms with Crippen molar-refractivity contribution < 1.29 is 9.90 Å². The second-order valence-electron chi connectivity index (χ2n) is 4.75. The number of hydrogen-bond donors (Lipinski definition) is 3. The van der Waals surface area contributed by atoms with Crippen LogP contribution < -0.4 is 10.6 Å². The van der Waals surface area contributed by atoms with Gasteiger partial charge < -0.3 is 15.7 Å². The van der Waals surface area contributed by atoms with Crippen molar-refractivity contribution in [3.8, 4) is 0 Å². The Morgan fingerprint density at radius 2 is 2.06 bits per heavy atom. The highest BCUT2D eigenvalue weighted by molar-refractivity contribution is 5.85. The van der Waals surface area contributed by atoms with Gasteiger partial charge in [-0.05, 0) is 25.2 Å². The molecule has 94 valence electrons. The van der Waals surface area contributed by atoms with Crippen LogP contribution in [0.5, 0.6) is 0 Å². The van der Waals surface area contributed by atoms with Gasteiger partial charge in [-0.2, -0.15) is 0 Å². The number of halogens is 1. The minimum Gasteiger partial charge on any atom is -0.392 e. The standard InChI is InChI=1S/C11H20N2O2.ClH/c14-9-5-10(12-7-9)11(15)13-6-8-3-1-2-4-8;/h8-10,12,14H,1-7H2,(H,13,15);1H/t9-,10-;/m1./s1. The summed E-state index contributed by atoms with van der Waals surface area (Å²) in [6.45, 7) is 1.36. The molecule has 1 heterocycles. The van der Waals surface area contributed by atoms with Crippen LogP contribution in [0.3, 0.4) is 0 Å². The summed E-state index contributed by atoms with van der Waals surface area (Å²) in [5.41, 5.74) is 0. The summed E-state index contributed by atoms with van der Waals surface area (Å²) in [7, 11) is 0. The van der Waals surface area contributed by atoms with Gasteiger partial charge in [-0.3, -0.25) is 4.79 Å². The topological polar surface area (TPSA) is 61.4 Å². The molecule has 1 saturated carbocycles. The molecule has 1 saturated heterocycles. The molecule has 0 aromatic rings. The van der Waals surface area contributed by atoms with E-state index in [1.165, 1.54) is 25.7 Å². The van der Waals surface area contributed by atoms with Gasteiger partial charge in [-0.15, -0.1) is 12.4 Å². The van der Waals surface area contributed by atoms with Gasteiger partial charge in [0.05, 0.1) is 12.1 Å². The fraction of sp³-hybridized carbons (Fsp3) is 0.909. The average molecular weight is 249 g/mol. The second kappa shape index (κ2) is 6.42. The Labute approximate surface area is 103 Å². The number of nitrogens with one attached hydrogen (secondary N) is 2. The smallest absolute Gasteiger partial charge is 0.237 e. The first kappa shape index (κ1) is 13.7. The summed E-state index contributed by atoms with van der Waals surface area (Å²) in [5, 5.41) is 15.3. The van der Waals surface area contributed by atoms with E-state index >= 15 is 0 Å². The van der Waals surface area contributed by atoms with E-state index in [0.29, 0.717) is 18.9 Å². The Kier molecular flexibility index (Phi) is 5.52. The van der Waals surface area contributed by atoms with E-state index in [-0.39, 0.29) is 30.5 Å². The van der Waals surface area contributed by atoms with Gasteiger partial charge >= 0.3 is 0 Å². The van der Waals surface area contributed by atoms with Crippen LogP contribution in [0.25, 0.3) is 0 Å². The highest BCUT2D eigenvalue weighted by Gasteiger charge is 2.28. The van der Waals surface area contributed by atoms with Crippen LogP contribution in [0, 0.1) is 5.92 Å². The van der Waals surface area contributed by atoms with Crippen LogP contribution in [-0.2, 0) is 4.79 Å². The van der Waals surface area contributed by atoms with E-state index < -0.39 is 0 Å². The Bertz CT molecular complexity index is 232. The predicted molar refractivity (Wildman–Crippen MR) is 64.6 cm³/mol. The molecule has 2 rings (SSSR count). The van der Waals surface area contributed by atoms with Crippen molar-refractivity contribution in [2.45, 2.75) is 44.2 Å². The zero-order valence-corrected chi connectivity index (χ0v) is 10.3. The van der Waals surface area contributed by atoms with Crippen LogP contribution >= 0.6 is 12.4 Å². The highest BCUT2D eigenvalue weighted by atomic mass is 35.5. The number of β-amino-alcohol motifs (C(OH)–C–C–N with tert-alkyl or cyclic N) is 1. The summed E-state index contributed by atoms with van der Waals surface area (Å²) in [6.07, 6.45) is 5.31. The van der Waals surface area contributed by atoms with E-state index in [2.05, 4.69) is 10.6 Å². The van der Waals surface area contributed by atoms with Crippen molar-refractivity contribution in [3.63, 3.8) is 0 Å². The molecule has 5 heteroatoms. The van der Waals surface area contributed by atoms with Gasteiger partial charge in [-0.25, -0.2) is 0 Å². The molecule has 1 amide bonds. The molecule has 2 atom stereocenters. The summed E-state index contributed by atoms with van der Waals surface area (Å²) in [6, 6.07) is -0.179. The summed E-state index contributed by atoms with van der Waals surface area (Å²) >= 11 is 0. The van der Waals surface area contributed by atoms with E-state index in [1.54, 1.807) is 0 Å². The molecule has 1 aliphatic carbocycles. The number of carbonyl (C=O) groups excluding carboxylic acids is 1. The molecule has 0 aromatic heterocycles. The maximum atomic E-state index is 11.7. The van der Waals surface area contributed by atoms with Gasteiger partial charge in [0.15, 0.2) is 0 Å². The van der Waals surface area contributed by atoms with Gasteiger partial charge in [-0.1, -0.05) is 12.8 Å². The Balaban J connectivity index is 0.00000128. The molecule has 2 fully saturated rings. The molecule has 2 aliphatic rings. The maximum absolute atomic E-state index is 11.7. The molecule has 1 aliphatic heterocycles. The molecule has 0 radical (unpaired) electrons. The summed E-state index contributed by atoms with van der Waals surface area (Å²) in [5.74, 6) is 0.735. The maximum Gasteiger partial charge on any atom is 0.237 e. The van der Waals surface area contributed by atoms with Crippen molar-refractivity contribution in [3.05, 3.63) is 0 Å². The van der Waals surface area contributed by atoms with E-state index in [9.17, 15) is 9.90 Å². The van der Waals surface area contributed by atoms with Gasteiger partial charge in [0, 0.05) is 13.1 Å². The summed E-state index contributed by atoms with van der Waals surface area (Å²) < 4.78 is 0. The zero-order valence-electron chi connectivity index (χ0n) is 9.45. The normalized spacial score (nSPS) is 30.1. The number of hydrogen-bond acceptors (Lipinski definition) is 3. The molecular formula is C11H21ClN2O2. The Morgan fingerprint density at radius 1 is 1.38 bits per heavy atom. The number of amides is 1. The SMILES string of the molecule is Cl.O=C(NCC1CCCC1)[C@H]1C[C@@H](O)CN1. The third kappa shape index (κ3) is 3.61. The first-order chi connectivity index (χ1) is 7.25. The van der Waals surface area contributed by atoms with Crippen molar-refractivity contribution >= 4 is 18.3 Å². The molecule has 3 N–H and O–H groups in total. The predicted octanol–water partition coefficient (Wildman–Crippen LogP) is 0.437. The van der Waals surface area contributed by atoms with Crippen molar-refractivity contribution in [1.29, 1.82) is 0 Å². The van der Waals surface area contributed by atoms with E-state index in [4.69, 9.17) is 0 Å². The lowest BCUT2D eigenvalue weighted by molar-refractivity contribution is -0.123. The largest absolute Gasteiger partial charge is 0.392 e. The lowest BCUT2D eigenvalue weighted by atomic mass is 10.1. The van der Waals surface area contributed by atoms with Crippen LogP contribution in [-0.4, -0.2) is 36.2 Å². The lowest BCUT2D eigenvalue weighted by Crippen LogP contribution is -2.41. The molecule has 16 heavy (non-hydrogen) atoms. The van der Waals surface area contributed by atoms with Crippen LogP contribution in [0.15, 0.2) is 0 Å². The van der Waals surface area contributed by atoms with Crippen molar-refractivity contribution in [2.75, 3.05) is 13.1 Å². The number of aliphatic hydroxyl groups is 1. The van der Waals surface area contributed by atoms with Crippen LogP contribution in [0.2, 0.25) is 0 Å². The quantitative estimate of drug-likeness (QED) is 0.679. The van der Waals surface area contributed by atoms with Gasteiger partial charge in [0.1, 0.15) is 0 Å². The third-order valence-corrected chi connectivity index (χ3v) is 3.46. The number of rotatable bonds is 3. The third-order valence-electron chi connectivity index (χ3n) is 3.46. The van der Waals surface area contributed by atoms with E-state index in [0.717, 1.165) is 6.54 Å². The lowest BCUT2D eigenvalue weighted by Gasteiger charge is -2.14. The first-order valence-electron chi connectivity index (χ1n) is 5.95. The number of carbonyl (C=O) groups is 1. The Hall–Kier alpha value is -0.320. The molecule has 0 bridgehead atoms. The Morgan fingerprint density at radius 3 is 2.62 bits per heavy atom. The molecular weight excluding hydrogens is 228 g/mol. The molecule has 0 aromatic carbocycles. The molecule has 0 spiro atoms. The highest BCUT2D eigenvalue weighted by Crippen LogP contribution is 2.23. The zero-order chi connectivity index (χ0) is 10.7. The second-order valence-corrected chi connectivity index (χ2v) is 4.75. The van der Waals surface area contributed by atoms with Crippen molar-refractivity contribution in [1.82, 2.24) is 10.6 Å². The fourth-order valence-electron chi connectivity index (χ4n) is 2.50. The summed E-state index contributed by atoms with van der Waals surface area (Å²) in [4.78, 5) is 11.7. The minimum atomic E-state index is -0.354. The van der Waals surface area contributed by atoms with Gasteiger partial charge in [0.2, 0.25) is 5.91 Å². The molecule has 0 unspecified atom stereocenters. The van der Waals surface area contributed by atoms with E-state index in [1.807, 2.05) is 0 Å². The van der Waals surface area contributed by atoms with Crippen molar-refractivity contribution in [2.24, 2.45) is 5.92 Å². The van der Waals surface area contributed by atoms with Crippen LogP contribution in [0.4, 0.5) is 0 Å².